The lowest BCUT2D eigenvalue weighted by Crippen LogP contribution is -2.05. The van der Waals surface area contributed by atoms with Crippen molar-refractivity contribution in [3.05, 3.63) is 33.5 Å². The van der Waals surface area contributed by atoms with Gasteiger partial charge in [-0.05, 0) is 34.5 Å². The summed E-state index contributed by atoms with van der Waals surface area (Å²) in [5.41, 5.74) is 0.601. The highest BCUT2D eigenvalue weighted by molar-refractivity contribution is 9.10. The number of benzene rings is 1. The Bertz CT molecular complexity index is 350. The van der Waals surface area contributed by atoms with Crippen LogP contribution in [0.4, 0.5) is 4.39 Å². The SMILES string of the molecule is Cc1ccc(Br)c(C(=O)CBr)c1F. The van der Waals surface area contributed by atoms with Crippen molar-refractivity contribution < 1.29 is 9.18 Å². The van der Waals surface area contributed by atoms with Crippen LogP contribution < -0.4 is 0 Å². The van der Waals surface area contributed by atoms with Crippen LogP contribution in [-0.2, 0) is 0 Å². The smallest absolute Gasteiger partial charge is 0.177 e. The van der Waals surface area contributed by atoms with E-state index in [0.717, 1.165) is 0 Å². The van der Waals surface area contributed by atoms with Crippen LogP contribution in [-0.4, -0.2) is 11.1 Å². The van der Waals surface area contributed by atoms with Gasteiger partial charge < -0.3 is 0 Å². The largest absolute Gasteiger partial charge is 0.293 e. The second kappa shape index (κ2) is 4.33. The summed E-state index contributed by atoms with van der Waals surface area (Å²) in [6, 6.07) is 3.30. The van der Waals surface area contributed by atoms with Crippen LogP contribution in [0.2, 0.25) is 0 Å². The molecule has 0 spiro atoms. The van der Waals surface area contributed by atoms with E-state index in [1.165, 1.54) is 0 Å². The van der Waals surface area contributed by atoms with Gasteiger partial charge in [-0.15, -0.1) is 0 Å². The third-order valence-electron chi connectivity index (χ3n) is 1.68. The van der Waals surface area contributed by atoms with Crippen molar-refractivity contribution in [1.82, 2.24) is 0 Å². The minimum absolute atomic E-state index is 0.122. The van der Waals surface area contributed by atoms with Crippen LogP contribution in [0.5, 0.6) is 0 Å². The Morgan fingerprint density at radius 2 is 2.15 bits per heavy atom. The number of carbonyl (C=O) groups is 1. The van der Waals surface area contributed by atoms with Crippen LogP contribution in [0.1, 0.15) is 15.9 Å². The van der Waals surface area contributed by atoms with E-state index in [2.05, 4.69) is 31.9 Å². The summed E-state index contributed by atoms with van der Waals surface area (Å²) < 4.78 is 13.9. The molecule has 70 valence electrons. The number of rotatable bonds is 2. The number of hydrogen-bond acceptors (Lipinski definition) is 1. The molecular formula is C9H7Br2FO. The van der Waals surface area contributed by atoms with Crippen molar-refractivity contribution in [3.8, 4) is 0 Å². The minimum atomic E-state index is -0.446. The maximum absolute atomic E-state index is 13.4. The van der Waals surface area contributed by atoms with E-state index >= 15 is 0 Å². The quantitative estimate of drug-likeness (QED) is 0.604. The molecule has 0 bridgehead atoms. The predicted octanol–water partition coefficient (Wildman–Crippen LogP) is 3.47. The molecule has 0 atom stereocenters. The molecule has 0 unspecified atom stereocenters. The molecule has 0 aromatic heterocycles. The van der Waals surface area contributed by atoms with Gasteiger partial charge in [0, 0.05) is 4.47 Å². The van der Waals surface area contributed by atoms with Crippen LogP contribution in [0.25, 0.3) is 0 Å². The number of aryl methyl sites for hydroxylation is 1. The molecule has 0 aliphatic rings. The molecule has 0 aliphatic carbocycles. The number of ketones is 1. The number of hydrogen-bond donors (Lipinski definition) is 0. The Labute approximate surface area is 92.6 Å². The Balaban J connectivity index is 3.33. The van der Waals surface area contributed by atoms with E-state index in [1.807, 2.05) is 0 Å². The molecule has 1 aromatic carbocycles. The van der Waals surface area contributed by atoms with Gasteiger partial charge in [-0.2, -0.15) is 0 Å². The molecule has 0 saturated heterocycles. The van der Waals surface area contributed by atoms with Crippen molar-refractivity contribution in [2.24, 2.45) is 0 Å². The Hall–Kier alpha value is -0.220. The summed E-state index contributed by atoms with van der Waals surface area (Å²) in [5.74, 6) is -0.702. The molecule has 4 heteroatoms. The summed E-state index contributed by atoms with van der Waals surface area (Å²) in [5, 5.41) is 0.131. The lowest BCUT2D eigenvalue weighted by Gasteiger charge is -2.05. The fraction of sp³-hybridized carbons (Fsp3) is 0.222. The lowest BCUT2D eigenvalue weighted by atomic mass is 10.1. The zero-order chi connectivity index (χ0) is 10.0. The molecule has 0 N–H and O–H groups in total. The minimum Gasteiger partial charge on any atom is -0.293 e. The second-order valence-corrected chi connectivity index (χ2v) is 4.03. The topological polar surface area (TPSA) is 17.1 Å². The highest BCUT2D eigenvalue weighted by atomic mass is 79.9. The van der Waals surface area contributed by atoms with Crippen LogP contribution in [0, 0.1) is 12.7 Å². The predicted molar refractivity (Wildman–Crippen MR) is 57.0 cm³/mol. The van der Waals surface area contributed by atoms with Crippen LogP contribution in [0.3, 0.4) is 0 Å². The Morgan fingerprint density at radius 1 is 1.54 bits per heavy atom. The maximum Gasteiger partial charge on any atom is 0.177 e. The fourth-order valence-electron chi connectivity index (χ4n) is 0.979. The standard InChI is InChI=1S/C9H7Br2FO/c1-5-2-3-6(11)8(9(5)12)7(13)4-10/h2-3H,4H2,1H3. The molecule has 0 heterocycles. The van der Waals surface area contributed by atoms with E-state index in [0.29, 0.717) is 10.0 Å². The first-order valence-corrected chi connectivity index (χ1v) is 5.53. The summed E-state index contributed by atoms with van der Waals surface area (Å²) in [4.78, 5) is 11.3. The third kappa shape index (κ3) is 2.17. The van der Waals surface area contributed by atoms with E-state index in [4.69, 9.17) is 0 Å². The lowest BCUT2D eigenvalue weighted by molar-refractivity contribution is 0.101. The van der Waals surface area contributed by atoms with Crippen molar-refractivity contribution in [2.45, 2.75) is 6.92 Å². The third-order valence-corrected chi connectivity index (χ3v) is 2.85. The fourth-order valence-corrected chi connectivity index (χ4v) is 1.79. The molecule has 0 radical (unpaired) electrons. The van der Waals surface area contributed by atoms with Crippen molar-refractivity contribution in [1.29, 1.82) is 0 Å². The van der Waals surface area contributed by atoms with Gasteiger partial charge in [0.05, 0.1) is 10.9 Å². The van der Waals surface area contributed by atoms with Gasteiger partial charge in [0.1, 0.15) is 5.82 Å². The Morgan fingerprint density at radius 3 is 2.69 bits per heavy atom. The zero-order valence-corrected chi connectivity index (χ0v) is 10.1. The molecule has 1 nitrogen and oxygen atoms in total. The Kier molecular flexibility index (Phi) is 3.62. The first-order chi connectivity index (χ1) is 6.07. The highest BCUT2D eigenvalue weighted by Crippen LogP contribution is 2.23. The van der Waals surface area contributed by atoms with E-state index in [1.54, 1.807) is 19.1 Å². The van der Waals surface area contributed by atoms with Crippen molar-refractivity contribution >= 4 is 37.6 Å². The maximum atomic E-state index is 13.4. The molecule has 0 saturated carbocycles. The monoisotopic (exact) mass is 308 g/mol. The van der Waals surface area contributed by atoms with E-state index in [9.17, 15) is 9.18 Å². The van der Waals surface area contributed by atoms with Crippen molar-refractivity contribution in [2.75, 3.05) is 5.33 Å². The summed E-state index contributed by atoms with van der Waals surface area (Å²) in [6.45, 7) is 1.63. The van der Waals surface area contributed by atoms with Gasteiger partial charge in [0.2, 0.25) is 0 Å². The average molecular weight is 310 g/mol. The second-order valence-electron chi connectivity index (χ2n) is 2.61. The van der Waals surface area contributed by atoms with Crippen molar-refractivity contribution in [3.63, 3.8) is 0 Å². The van der Waals surface area contributed by atoms with Gasteiger partial charge in [-0.3, -0.25) is 4.79 Å². The van der Waals surface area contributed by atoms with Gasteiger partial charge >= 0.3 is 0 Å². The highest BCUT2D eigenvalue weighted by Gasteiger charge is 2.15. The number of halogens is 3. The molecule has 0 amide bonds. The van der Waals surface area contributed by atoms with E-state index in [-0.39, 0.29) is 16.7 Å². The van der Waals surface area contributed by atoms with Gasteiger partial charge in [-0.25, -0.2) is 4.39 Å². The van der Waals surface area contributed by atoms with Gasteiger partial charge in [0.25, 0.3) is 0 Å². The molecule has 0 fully saturated rings. The summed E-state index contributed by atoms with van der Waals surface area (Å²) >= 11 is 6.15. The first-order valence-electron chi connectivity index (χ1n) is 3.61. The van der Waals surface area contributed by atoms with E-state index < -0.39 is 5.82 Å². The molecule has 0 aliphatic heterocycles. The van der Waals surface area contributed by atoms with Crippen LogP contribution >= 0.6 is 31.9 Å². The molecule has 13 heavy (non-hydrogen) atoms. The van der Waals surface area contributed by atoms with Crippen LogP contribution in [0.15, 0.2) is 16.6 Å². The molecule has 1 aromatic rings. The average Bonchev–Trinajstić information content (AvgIpc) is 2.12. The molecule has 1 rings (SSSR count). The summed E-state index contributed by atoms with van der Waals surface area (Å²) in [7, 11) is 0. The summed E-state index contributed by atoms with van der Waals surface area (Å²) in [6.07, 6.45) is 0. The number of alkyl halides is 1. The molecular weight excluding hydrogens is 303 g/mol. The normalized spacial score (nSPS) is 10.2. The van der Waals surface area contributed by atoms with Gasteiger partial charge in [-0.1, -0.05) is 22.0 Å². The first kappa shape index (κ1) is 10.9. The van der Waals surface area contributed by atoms with Gasteiger partial charge in [0.15, 0.2) is 5.78 Å². The zero-order valence-electron chi connectivity index (χ0n) is 6.90. The number of Topliss-reactive ketones (excluding diaryl/α,β-unsaturated/α-hetero) is 1. The number of carbonyl (C=O) groups excluding carboxylic acids is 1.